The van der Waals surface area contributed by atoms with Crippen LogP contribution in [0.2, 0.25) is 0 Å². The number of aliphatic carboxylic acids is 1. The summed E-state index contributed by atoms with van der Waals surface area (Å²) < 4.78 is 0. The van der Waals surface area contributed by atoms with Gasteiger partial charge in [-0.25, -0.2) is 0 Å². The van der Waals surface area contributed by atoms with Crippen molar-refractivity contribution in [3.8, 4) is 0 Å². The number of carboxylic acid groups (broad SMARTS) is 1. The van der Waals surface area contributed by atoms with Crippen LogP contribution in [0.1, 0.15) is 34.3 Å². The second-order valence-electron chi connectivity index (χ2n) is 5.76. The van der Waals surface area contributed by atoms with Crippen LogP contribution < -0.4 is 0 Å². The summed E-state index contributed by atoms with van der Waals surface area (Å²) in [7, 11) is 3.70. The van der Waals surface area contributed by atoms with Crippen molar-refractivity contribution in [3.05, 3.63) is 34.9 Å². The van der Waals surface area contributed by atoms with Crippen molar-refractivity contribution in [1.82, 2.24) is 4.90 Å². The number of benzene rings is 1. The molecular weight excluding hydrogens is 254 g/mol. The number of carbonyl (C=O) groups excluding carboxylic acids is 1. The Bertz CT molecular complexity index is 522. The first-order chi connectivity index (χ1) is 9.47. The molecular formula is C16H21NO3. The van der Waals surface area contributed by atoms with E-state index in [0.29, 0.717) is 12.1 Å². The summed E-state index contributed by atoms with van der Waals surface area (Å²) in [5, 5.41) is 8.98. The summed E-state index contributed by atoms with van der Waals surface area (Å²) in [6, 6.07) is 5.81. The zero-order chi connectivity index (χ0) is 14.7. The maximum Gasteiger partial charge on any atom is 0.304 e. The molecule has 108 valence electrons. The van der Waals surface area contributed by atoms with Gasteiger partial charge in [0.2, 0.25) is 0 Å². The second-order valence-corrected chi connectivity index (χ2v) is 5.76. The Kier molecular flexibility index (Phi) is 4.55. The average Bonchev–Trinajstić information content (AvgIpc) is 2.83. The Morgan fingerprint density at radius 2 is 1.95 bits per heavy atom. The van der Waals surface area contributed by atoms with Crippen molar-refractivity contribution >= 4 is 11.8 Å². The minimum absolute atomic E-state index is 0.0594. The first kappa shape index (κ1) is 14.7. The van der Waals surface area contributed by atoms with Gasteiger partial charge in [0.05, 0.1) is 6.42 Å². The molecule has 1 unspecified atom stereocenters. The summed E-state index contributed by atoms with van der Waals surface area (Å²) in [6.07, 6.45) is 3.13. The van der Waals surface area contributed by atoms with Gasteiger partial charge in [-0.3, -0.25) is 9.59 Å². The Balaban J connectivity index is 2.20. The van der Waals surface area contributed by atoms with E-state index in [-0.39, 0.29) is 12.2 Å². The lowest BCUT2D eigenvalue weighted by Gasteiger charge is -2.18. The topological polar surface area (TPSA) is 57.6 Å². The summed E-state index contributed by atoms with van der Waals surface area (Å²) in [4.78, 5) is 25.3. The van der Waals surface area contributed by atoms with Gasteiger partial charge in [0.1, 0.15) is 0 Å². The SMILES string of the molecule is CN(C)CC(CC(=O)O)C(=O)c1ccc2c(c1)CCC2. The van der Waals surface area contributed by atoms with Gasteiger partial charge in [-0.2, -0.15) is 0 Å². The van der Waals surface area contributed by atoms with E-state index in [4.69, 9.17) is 5.11 Å². The molecule has 0 amide bonds. The molecule has 2 rings (SSSR count). The van der Waals surface area contributed by atoms with E-state index in [0.717, 1.165) is 19.3 Å². The molecule has 0 heterocycles. The predicted molar refractivity (Wildman–Crippen MR) is 77.1 cm³/mol. The Hall–Kier alpha value is -1.68. The largest absolute Gasteiger partial charge is 0.481 e. The Morgan fingerprint density at radius 3 is 2.60 bits per heavy atom. The Morgan fingerprint density at radius 1 is 1.25 bits per heavy atom. The molecule has 1 aliphatic carbocycles. The third-order valence-corrected chi connectivity index (χ3v) is 3.76. The number of hydrogen-bond donors (Lipinski definition) is 1. The smallest absolute Gasteiger partial charge is 0.304 e. The quantitative estimate of drug-likeness (QED) is 0.807. The number of ketones is 1. The molecule has 0 spiro atoms. The van der Waals surface area contributed by atoms with Crippen LogP contribution in [0.3, 0.4) is 0 Å². The molecule has 0 fully saturated rings. The third-order valence-electron chi connectivity index (χ3n) is 3.76. The number of Topliss-reactive ketones (excluding diaryl/α,β-unsaturated/α-hetero) is 1. The van der Waals surface area contributed by atoms with E-state index in [1.54, 1.807) is 0 Å². The molecule has 0 saturated heterocycles. The molecule has 1 aromatic carbocycles. The molecule has 0 aliphatic heterocycles. The summed E-state index contributed by atoms with van der Waals surface area (Å²) in [5.74, 6) is -1.47. The van der Waals surface area contributed by atoms with E-state index in [1.165, 1.54) is 11.1 Å². The van der Waals surface area contributed by atoms with Gasteiger partial charge in [-0.15, -0.1) is 0 Å². The predicted octanol–water partition coefficient (Wildman–Crippen LogP) is 2.01. The molecule has 1 atom stereocenters. The lowest BCUT2D eigenvalue weighted by molar-refractivity contribution is -0.137. The molecule has 4 heteroatoms. The molecule has 4 nitrogen and oxygen atoms in total. The maximum atomic E-state index is 12.5. The molecule has 0 bridgehead atoms. The number of carbonyl (C=O) groups is 2. The zero-order valence-electron chi connectivity index (χ0n) is 12.1. The van der Waals surface area contributed by atoms with E-state index in [1.807, 2.05) is 37.2 Å². The normalized spacial score (nSPS) is 15.2. The standard InChI is InChI=1S/C16H21NO3/c1-17(2)10-14(9-15(18)19)16(20)13-7-6-11-4-3-5-12(11)8-13/h6-8,14H,3-5,9-10H2,1-2H3,(H,18,19). The fourth-order valence-corrected chi connectivity index (χ4v) is 2.85. The zero-order valence-corrected chi connectivity index (χ0v) is 12.1. The summed E-state index contributed by atoms with van der Waals surface area (Å²) in [6.45, 7) is 0.461. The molecule has 20 heavy (non-hydrogen) atoms. The third kappa shape index (κ3) is 3.45. The number of hydrogen-bond acceptors (Lipinski definition) is 3. The van der Waals surface area contributed by atoms with Crippen LogP contribution in [0.25, 0.3) is 0 Å². The number of fused-ring (bicyclic) bond motifs is 1. The molecule has 0 saturated carbocycles. The van der Waals surface area contributed by atoms with Gasteiger partial charge in [0.25, 0.3) is 0 Å². The van der Waals surface area contributed by atoms with Crippen LogP contribution in [0.4, 0.5) is 0 Å². The lowest BCUT2D eigenvalue weighted by Crippen LogP contribution is -2.30. The fourth-order valence-electron chi connectivity index (χ4n) is 2.85. The summed E-state index contributed by atoms with van der Waals surface area (Å²) in [5.41, 5.74) is 3.22. The van der Waals surface area contributed by atoms with Crippen molar-refractivity contribution < 1.29 is 14.7 Å². The molecule has 0 aromatic heterocycles. The van der Waals surface area contributed by atoms with Gasteiger partial charge in [-0.05, 0) is 50.6 Å². The monoisotopic (exact) mass is 275 g/mol. The van der Waals surface area contributed by atoms with Gasteiger partial charge in [0, 0.05) is 18.0 Å². The van der Waals surface area contributed by atoms with Crippen molar-refractivity contribution in [2.24, 2.45) is 5.92 Å². The van der Waals surface area contributed by atoms with Crippen LogP contribution in [-0.4, -0.2) is 42.4 Å². The maximum absolute atomic E-state index is 12.5. The summed E-state index contributed by atoms with van der Waals surface area (Å²) >= 11 is 0. The molecule has 1 N–H and O–H groups in total. The second kappa shape index (κ2) is 6.18. The molecule has 1 aromatic rings. The number of nitrogens with zero attached hydrogens (tertiary/aromatic N) is 1. The van der Waals surface area contributed by atoms with Crippen LogP contribution >= 0.6 is 0 Å². The minimum atomic E-state index is -0.925. The first-order valence-electron chi connectivity index (χ1n) is 7.00. The highest BCUT2D eigenvalue weighted by Crippen LogP contribution is 2.24. The van der Waals surface area contributed by atoms with E-state index in [2.05, 4.69) is 0 Å². The Labute approximate surface area is 119 Å². The highest BCUT2D eigenvalue weighted by Gasteiger charge is 2.24. The minimum Gasteiger partial charge on any atom is -0.481 e. The van der Waals surface area contributed by atoms with Crippen LogP contribution in [0.5, 0.6) is 0 Å². The van der Waals surface area contributed by atoms with Crippen LogP contribution in [0, 0.1) is 5.92 Å². The molecule has 1 aliphatic rings. The van der Waals surface area contributed by atoms with Crippen molar-refractivity contribution in [2.75, 3.05) is 20.6 Å². The van der Waals surface area contributed by atoms with Crippen LogP contribution in [-0.2, 0) is 17.6 Å². The average molecular weight is 275 g/mol. The van der Waals surface area contributed by atoms with Gasteiger partial charge < -0.3 is 10.0 Å². The van der Waals surface area contributed by atoms with Gasteiger partial charge >= 0.3 is 5.97 Å². The number of rotatable bonds is 6. The van der Waals surface area contributed by atoms with Crippen LogP contribution in [0.15, 0.2) is 18.2 Å². The first-order valence-corrected chi connectivity index (χ1v) is 7.00. The highest BCUT2D eigenvalue weighted by atomic mass is 16.4. The van der Waals surface area contributed by atoms with Gasteiger partial charge in [0.15, 0.2) is 5.78 Å². The van der Waals surface area contributed by atoms with Gasteiger partial charge in [-0.1, -0.05) is 12.1 Å². The highest BCUT2D eigenvalue weighted by molar-refractivity contribution is 5.99. The lowest BCUT2D eigenvalue weighted by atomic mass is 9.92. The fraction of sp³-hybridized carbons (Fsp3) is 0.500. The van der Waals surface area contributed by atoms with E-state index in [9.17, 15) is 9.59 Å². The van der Waals surface area contributed by atoms with Crippen molar-refractivity contribution in [2.45, 2.75) is 25.7 Å². The van der Waals surface area contributed by atoms with E-state index < -0.39 is 11.9 Å². The molecule has 0 radical (unpaired) electrons. The van der Waals surface area contributed by atoms with Crippen molar-refractivity contribution in [1.29, 1.82) is 0 Å². The number of aryl methyl sites for hydroxylation is 2. The van der Waals surface area contributed by atoms with Crippen molar-refractivity contribution in [3.63, 3.8) is 0 Å². The van der Waals surface area contributed by atoms with E-state index >= 15 is 0 Å². The number of carboxylic acids is 1.